The largest absolute Gasteiger partial charge is 0.359 e. The second kappa shape index (κ2) is 8.22. The van der Waals surface area contributed by atoms with Crippen LogP contribution in [0.4, 0.5) is 0 Å². The Labute approximate surface area is 168 Å². The van der Waals surface area contributed by atoms with Crippen LogP contribution in [-0.2, 0) is 10.2 Å². The monoisotopic (exact) mass is 377 g/mol. The van der Waals surface area contributed by atoms with Crippen LogP contribution in [0.5, 0.6) is 0 Å². The Morgan fingerprint density at radius 2 is 1.89 bits per heavy atom. The standard InChI is InChI=1S/C24H31N3O/c1-17-8-5-6-11-21(17)23(28)26-19(3)27-14-12-24(4,13-15-27)22-18(2)9-7-10-20(22)16-25/h7,9-10H,3,5-6,8,11-15H2,1-2,4H3,(H,26,28). The maximum Gasteiger partial charge on any atom is 0.252 e. The molecule has 0 unspecified atom stereocenters. The molecule has 1 aliphatic heterocycles. The van der Waals surface area contributed by atoms with Gasteiger partial charge in [-0.25, -0.2) is 0 Å². The van der Waals surface area contributed by atoms with Crippen LogP contribution in [-0.4, -0.2) is 23.9 Å². The van der Waals surface area contributed by atoms with Crippen molar-refractivity contribution in [1.82, 2.24) is 10.2 Å². The molecule has 0 aromatic heterocycles. The van der Waals surface area contributed by atoms with Gasteiger partial charge < -0.3 is 10.2 Å². The van der Waals surface area contributed by atoms with Crippen LogP contribution in [0.25, 0.3) is 0 Å². The van der Waals surface area contributed by atoms with Crippen molar-refractivity contribution in [2.75, 3.05) is 13.1 Å². The van der Waals surface area contributed by atoms with Gasteiger partial charge in [0.2, 0.25) is 0 Å². The van der Waals surface area contributed by atoms with Crippen molar-refractivity contribution in [3.8, 4) is 6.07 Å². The number of carbonyl (C=O) groups excluding carboxylic acids is 1. The number of nitrogens with one attached hydrogen (secondary N) is 1. The van der Waals surface area contributed by atoms with E-state index >= 15 is 0 Å². The van der Waals surface area contributed by atoms with Gasteiger partial charge in [-0.1, -0.05) is 31.2 Å². The summed E-state index contributed by atoms with van der Waals surface area (Å²) in [5.41, 5.74) is 5.26. The summed E-state index contributed by atoms with van der Waals surface area (Å²) in [5, 5.41) is 12.6. The van der Waals surface area contributed by atoms with E-state index < -0.39 is 0 Å². The van der Waals surface area contributed by atoms with Gasteiger partial charge in [-0.3, -0.25) is 4.79 Å². The molecule has 1 heterocycles. The summed E-state index contributed by atoms with van der Waals surface area (Å²) in [6.07, 6.45) is 6.03. The first-order chi connectivity index (χ1) is 13.4. The number of allylic oxidation sites excluding steroid dienone is 1. The van der Waals surface area contributed by atoms with E-state index in [1.807, 2.05) is 12.1 Å². The molecular formula is C24H31N3O. The summed E-state index contributed by atoms with van der Waals surface area (Å²) in [7, 11) is 0. The van der Waals surface area contributed by atoms with E-state index in [4.69, 9.17) is 0 Å². The summed E-state index contributed by atoms with van der Waals surface area (Å²) < 4.78 is 0. The van der Waals surface area contributed by atoms with Crippen molar-refractivity contribution in [1.29, 1.82) is 5.26 Å². The molecule has 1 fully saturated rings. The molecule has 3 rings (SSSR count). The number of nitrogens with zero attached hydrogens (tertiary/aromatic N) is 2. The average molecular weight is 378 g/mol. The lowest BCUT2D eigenvalue weighted by molar-refractivity contribution is -0.117. The quantitative estimate of drug-likeness (QED) is 0.827. The fourth-order valence-corrected chi connectivity index (χ4v) is 4.73. The zero-order valence-corrected chi connectivity index (χ0v) is 17.4. The van der Waals surface area contributed by atoms with E-state index in [-0.39, 0.29) is 11.3 Å². The molecule has 1 N–H and O–H groups in total. The van der Waals surface area contributed by atoms with Gasteiger partial charge in [0.1, 0.15) is 5.82 Å². The third-order valence-corrected chi connectivity index (χ3v) is 6.52. The zero-order chi connectivity index (χ0) is 20.3. The van der Waals surface area contributed by atoms with Gasteiger partial charge in [0.15, 0.2) is 0 Å². The topological polar surface area (TPSA) is 56.1 Å². The van der Waals surface area contributed by atoms with Gasteiger partial charge in [-0.15, -0.1) is 0 Å². The van der Waals surface area contributed by atoms with Crippen LogP contribution in [0.3, 0.4) is 0 Å². The number of hydrogen-bond acceptors (Lipinski definition) is 3. The number of aryl methyl sites for hydroxylation is 1. The first-order valence-corrected chi connectivity index (χ1v) is 10.3. The molecule has 1 amide bonds. The van der Waals surface area contributed by atoms with Gasteiger partial charge in [0.25, 0.3) is 5.91 Å². The van der Waals surface area contributed by atoms with Crippen molar-refractivity contribution in [2.45, 2.75) is 64.7 Å². The van der Waals surface area contributed by atoms with Gasteiger partial charge in [0.05, 0.1) is 11.6 Å². The first kappa shape index (κ1) is 20.2. The highest BCUT2D eigenvalue weighted by atomic mass is 16.1. The van der Waals surface area contributed by atoms with Crippen LogP contribution in [0, 0.1) is 18.3 Å². The molecule has 2 aliphatic rings. The second-order valence-corrected chi connectivity index (χ2v) is 8.52. The lowest BCUT2D eigenvalue weighted by Gasteiger charge is -2.42. The Kier molecular flexibility index (Phi) is 5.93. The normalized spacial score (nSPS) is 19.1. The SMILES string of the molecule is C=C(NC(=O)C1=C(C)CCCC1)N1CCC(C)(c2c(C)cccc2C#N)CC1. The summed E-state index contributed by atoms with van der Waals surface area (Å²) in [6, 6.07) is 8.33. The maximum atomic E-state index is 12.6. The Morgan fingerprint density at radius 1 is 1.21 bits per heavy atom. The van der Waals surface area contributed by atoms with Gasteiger partial charge in [-0.2, -0.15) is 5.26 Å². The predicted molar refractivity (Wildman–Crippen MR) is 113 cm³/mol. The molecule has 1 aromatic carbocycles. The van der Waals surface area contributed by atoms with Crippen LogP contribution < -0.4 is 5.32 Å². The average Bonchev–Trinajstić information content (AvgIpc) is 2.68. The van der Waals surface area contributed by atoms with Crippen LogP contribution in [0.15, 0.2) is 41.7 Å². The third kappa shape index (κ3) is 3.99. The molecule has 0 spiro atoms. The van der Waals surface area contributed by atoms with E-state index in [1.54, 1.807) is 0 Å². The lowest BCUT2D eigenvalue weighted by atomic mass is 9.71. The van der Waals surface area contributed by atoms with Gasteiger partial charge >= 0.3 is 0 Å². The smallest absolute Gasteiger partial charge is 0.252 e. The molecule has 1 saturated heterocycles. The molecule has 0 radical (unpaired) electrons. The van der Waals surface area contributed by atoms with E-state index in [0.717, 1.165) is 56.3 Å². The van der Waals surface area contributed by atoms with E-state index in [9.17, 15) is 10.1 Å². The number of benzene rings is 1. The van der Waals surface area contributed by atoms with Crippen LogP contribution >= 0.6 is 0 Å². The minimum atomic E-state index is -0.0281. The summed E-state index contributed by atoms with van der Waals surface area (Å²) in [5.74, 6) is 0.712. The predicted octanol–water partition coefficient (Wildman–Crippen LogP) is 4.70. The molecule has 28 heavy (non-hydrogen) atoms. The molecule has 4 heteroatoms. The highest BCUT2D eigenvalue weighted by Crippen LogP contribution is 2.39. The first-order valence-electron chi connectivity index (χ1n) is 10.3. The van der Waals surface area contributed by atoms with Crippen molar-refractivity contribution in [2.24, 2.45) is 0 Å². The van der Waals surface area contributed by atoms with Crippen LogP contribution in [0.1, 0.15) is 69.1 Å². The lowest BCUT2D eigenvalue weighted by Crippen LogP contribution is -2.44. The minimum absolute atomic E-state index is 0.0150. The Morgan fingerprint density at radius 3 is 2.54 bits per heavy atom. The van der Waals surface area contributed by atoms with Crippen molar-refractivity contribution < 1.29 is 4.79 Å². The van der Waals surface area contributed by atoms with Crippen molar-refractivity contribution in [3.63, 3.8) is 0 Å². The Bertz CT molecular complexity index is 851. The molecule has 148 valence electrons. The van der Waals surface area contributed by atoms with Gasteiger partial charge in [0, 0.05) is 18.7 Å². The fourth-order valence-electron chi connectivity index (χ4n) is 4.73. The summed E-state index contributed by atoms with van der Waals surface area (Å²) in [6.45, 7) is 12.2. The van der Waals surface area contributed by atoms with Crippen molar-refractivity contribution >= 4 is 5.91 Å². The highest BCUT2D eigenvalue weighted by Gasteiger charge is 2.35. The number of rotatable bonds is 4. The Hall–Kier alpha value is -2.54. The zero-order valence-electron chi connectivity index (χ0n) is 17.4. The number of piperidine rings is 1. The second-order valence-electron chi connectivity index (χ2n) is 8.52. The summed E-state index contributed by atoms with van der Waals surface area (Å²) in [4.78, 5) is 14.8. The molecule has 1 aromatic rings. The van der Waals surface area contributed by atoms with Gasteiger partial charge in [-0.05, 0) is 75.0 Å². The third-order valence-electron chi connectivity index (χ3n) is 6.52. The number of likely N-dealkylation sites (tertiary alicyclic amines) is 1. The summed E-state index contributed by atoms with van der Waals surface area (Å²) >= 11 is 0. The number of amides is 1. The highest BCUT2D eigenvalue weighted by molar-refractivity contribution is 5.95. The Balaban J connectivity index is 1.66. The number of hydrogen-bond donors (Lipinski definition) is 1. The van der Waals surface area contributed by atoms with Crippen molar-refractivity contribution in [3.05, 3.63) is 58.4 Å². The van der Waals surface area contributed by atoms with Crippen LogP contribution in [0.2, 0.25) is 0 Å². The van der Waals surface area contributed by atoms with E-state index in [2.05, 4.69) is 49.7 Å². The molecule has 0 bridgehead atoms. The number of nitriles is 1. The fraction of sp³-hybridized carbons (Fsp3) is 0.500. The molecule has 1 aliphatic carbocycles. The molecule has 0 saturated carbocycles. The minimum Gasteiger partial charge on any atom is -0.359 e. The van der Waals surface area contributed by atoms with E-state index in [1.165, 1.54) is 23.1 Å². The number of carbonyl (C=O) groups is 1. The molecule has 4 nitrogen and oxygen atoms in total. The molecule has 0 atom stereocenters. The maximum absolute atomic E-state index is 12.6. The molecular weight excluding hydrogens is 346 g/mol. The van der Waals surface area contributed by atoms with E-state index in [0.29, 0.717) is 5.82 Å².